The fraction of sp³-hybridized carbons (Fsp3) is 0.917. The Balaban J connectivity index is 3.86. The summed E-state index contributed by atoms with van der Waals surface area (Å²) in [5.74, 6) is 0.147. The van der Waals surface area contributed by atoms with Crippen LogP contribution in [0.25, 0.3) is 0 Å². The zero-order valence-electron chi connectivity index (χ0n) is 11.2. The van der Waals surface area contributed by atoms with Crippen molar-refractivity contribution in [1.82, 2.24) is 10.2 Å². The van der Waals surface area contributed by atoms with Crippen molar-refractivity contribution >= 4 is 5.91 Å². The van der Waals surface area contributed by atoms with Gasteiger partial charge in [0.1, 0.15) is 0 Å². The standard InChI is InChI=1S/C12H26N2O3/c1-4-13-11(3)10-12(16)14(5-2)6-8-17-9-7-15/h11,13,15H,4-10H2,1-3H3. The van der Waals surface area contributed by atoms with Crippen LogP contribution in [0.2, 0.25) is 0 Å². The number of likely N-dealkylation sites (N-methyl/N-ethyl adjacent to an activating group) is 1. The van der Waals surface area contributed by atoms with Gasteiger partial charge in [-0.25, -0.2) is 0 Å². The van der Waals surface area contributed by atoms with Crippen LogP contribution < -0.4 is 5.32 Å². The normalized spacial score (nSPS) is 12.5. The molecule has 0 heterocycles. The number of nitrogens with one attached hydrogen (secondary N) is 1. The first kappa shape index (κ1) is 16.4. The van der Waals surface area contributed by atoms with Crippen LogP contribution in [0.15, 0.2) is 0 Å². The van der Waals surface area contributed by atoms with Gasteiger partial charge in [0.05, 0.1) is 19.8 Å². The van der Waals surface area contributed by atoms with Crippen molar-refractivity contribution in [2.75, 3.05) is 39.5 Å². The highest BCUT2D eigenvalue weighted by atomic mass is 16.5. The van der Waals surface area contributed by atoms with Gasteiger partial charge in [0, 0.05) is 25.6 Å². The Morgan fingerprint density at radius 1 is 1.41 bits per heavy atom. The number of rotatable bonds is 10. The first-order chi connectivity index (χ1) is 8.15. The SMILES string of the molecule is CCNC(C)CC(=O)N(CC)CCOCCO. The Kier molecular flexibility index (Phi) is 10.1. The summed E-state index contributed by atoms with van der Waals surface area (Å²) in [6.07, 6.45) is 0.516. The number of carbonyl (C=O) groups is 1. The van der Waals surface area contributed by atoms with E-state index in [9.17, 15) is 4.79 Å². The highest BCUT2D eigenvalue weighted by Gasteiger charge is 2.14. The molecule has 0 rings (SSSR count). The molecule has 0 radical (unpaired) electrons. The monoisotopic (exact) mass is 246 g/mol. The quantitative estimate of drug-likeness (QED) is 0.542. The van der Waals surface area contributed by atoms with Crippen LogP contribution in [0.4, 0.5) is 0 Å². The molecule has 0 spiro atoms. The third kappa shape index (κ3) is 8.12. The molecule has 0 aliphatic carbocycles. The summed E-state index contributed by atoms with van der Waals surface area (Å²) in [5.41, 5.74) is 0. The number of ether oxygens (including phenoxy) is 1. The molecule has 0 aliphatic rings. The van der Waals surface area contributed by atoms with Crippen LogP contribution in [0.1, 0.15) is 27.2 Å². The van der Waals surface area contributed by atoms with Gasteiger partial charge in [-0.2, -0.15) is 0 Å². The Morgan fingerprint density at radius 3 is 2.65 bits per heavy atom. The minimum absolute atomic E-state index is 0.0253. The van der Waals surface area contributed by atoms with Gasteiger partial charge in [-0.3, -0.25) is 4.79 Å². The average molecular weight is 246 g/mol. The molecule has 1 amide bonds. The Morgan fingerprint density at radius 2 is 2.12 bits per heavy atom. The van der Waals surface area contributed by atoms with Gasteiger partial charge in [-0.05, 0) is 20.4 Å². The summed E-state index contributed by atoms with van der Waals surface area (Å²) in [6.45, 7) is 9.00. The molecule has 0 saturated carbocycles. The van der Waals surface area contributed by atoms with Crippen LogP contribution in [0.3, 0.4) is 0 Å². The van der Waals surface area contributed by atoms with E-state index in [1.54, 1.807) is 4.90 Å². The van der Waals surface area contributed by atoms with Crippen LogP contribution >= 0.6 is 0 Å². The molecule has 17 heavy (non-hydrogen) atoms. The van der Waals surface area contributed by atoms with Crippen LogP contribution in [0.5, 0.6) is 0 Å². The van der Waals surface area contributed by atoms with Crippen molar-refractivity contribution in [3.05, 3.63) is 0 Å². The summed E-state index contributed by atoms with van der Waals surface area (Å²) in [5, 5.41) is 11.8. The second-order valence-corrected chi connectivity index (χ2v) is 3.97. The lowest BCUT2D eigenvalue weighted by Crippen LogP contribution is -2.38. The molecule has 0 aromatic carbocycles. The predicted molar refractivity (Wildman–Crippen MR) is 67.9 cm³/mol. The molecule has 102 valence electrons. The molecule has 2 N–H and O–H groups in total. The third-order valence-electron chi connectivity index (χ3n) is 2.51. The van der Waals surface area contributed by atoms with Gasteiger partial charge in [0.15, 0.2) is 0 Å². The predicted octanol–water partition coefficient (Wildman–Crippen LogP) is 0.232. The fourth-order valence-corrected chi connectivity index (χ4v) is 1.61. The maximum Gasteiger partial charge on any atom is 0.224 e. The van der Waals surface area contributed by atoms with Crippen molar-refractivity contribution in [3.63, 3.8) is 0 Å². The topological polar surface area (TPSA) is 61.8 Å². The first-order valence-electron chi connectivity index (χ1n) is 6.35. The van der Waals surface area contributed by atoms with Crippen molar-refractivity contribution in [2.45, 2.75) is 33.2 Å². The molecular formula is C12H26N2O3. The van der Waals surface area contributed by atoms with E-state index in [2.05, 4.69) is 5.32 Å². The van der Waals surface area contributed by atoms with Gasteiger partial charge < -0.3 is 20.1 Å². The van der Waals surface area contributed by atoms with Crippen LogP contribution in [-0.2, 0) is 9.53 Å². The first-order valence-corrected chi connectivity index (χ1v) is 6.35. The van der Waals surface area contributed by atoms with E-state index in [1.807, 2.05) is 20.8 Å². The summed E-state index contributed by atoms with van der Waals surface area (Å²) in [4.78, 5) is 13.7. The molecule has 1 unspecified atom stereocenters. The number of hydrogen-bond acceptors (Lipinski definition) is 4. The Labute approximate surface area is 104 Å². The van der Waals surface area contributed by atoms with Gasteiger partial charge in [-0.1, -0.05) is 6.92 Å². The average Bonchev–Trinajstić information content (AvgIpc) is 2.29. The Bertz CT molecular complexity index is 200. The second-order valence-electron chi connectivity index (χ2n) is 3.97. The highest BCUT2D eigenvalue weighted by Crippen LogP contribution is 1.99. The Hall–Kier alpha value is -0.650. The van der Waals surface area contributed by atoms with Crippen molar-refractivity contribution in [3.8, 4) is 0 Å². The van der Waals surface area contributed by atoms with Crippen molar-refractivity contribution in [2.24, 2.45) is 0 Å². The summed E-state index contributed by atoms with van der Waals surface area (Å²) < 4.78 is 5.16. The van der Waals surface area contributed by atoms with Crippen molar-refractivity contribution < 1.29 is 14.6 Å². The van der Waals surface area contributed by atoms with Gasteiger partial charge >= 0.3 is 0 Å². The van der Waals surface area contributed by atoms with Crippen molar-refractivity contribution in [1.29, 1.82) is 0 Å². The molecule has 5 nitrogen and oxygen atoms in total. The molecule has 0 aliphatic heterocycles. The molecule has 0 aromatic heterocycles. The van der Waals surface area contributed by atoms with E-state index in [0.717, 1.165) is 6.54 Å². The lowest BCUT2D eigenvalue weighted by Gasteiger charge is -2.22. The third-order valence-corrected chi connectivity index (χ3v) is 2.51. The zero-order valence-corrected chi connectivity index (χ0v) is 11.2. The van der Waals surface area contributed by atoms with Gasteiger partial charge in [0.2, 0.25) is 5.91 Å². The van der Waals surface area contributed by atoms with E-state index in [4.69, 9.17) is 9.84 Å². The minimum Gasteiger partial charge on any atom is -0.394 e. The molecule has 5 heteroatoms. The van der Waals surface area contributed by atoms with E-state index < -0.39 is 0 Å². The van der Waals surface area contributed by atoms with Crippen LogP contribution in [0, 0.1) is 0 Å². The number of amides is 1. The summed E-state index contributed by atoms with van der Waals surface area (Å²) in [7, 11) is 0. The van der Waals surface area contributed by atoms with Gasteiger partial charge in [0.25, 0.3) is 0 Å². The highest BCUT2D eigenvalue weighted by molar-refractivity contribution is 5.76. The smallest absolute Gasteiger partial charge is 0.224 e. The molecule has 0 saturated heterocycles. The van der Waals surface area contributed by atoms with E-state index in [0.29, 0.717) is 32.7 Å². The largest absolute Gasteiger partial charge is 0.394 e. The number of nitrogens with zero attached hydrogens (tertiary/aromatic N) is 1. The molecule has 0 aromatic rings. The molecule has 0 fully saturated rings. The van der Waals surface area contributed by atoms with E-state index in [1.165, 1.54) is 0 Å². The molecule has 0 bridgehead atoms. The van der Waals surface area contributed by atoms with Gasteiger partial charge in [-0.15, -0.1) is 0 Å². The lowest BCUT2D eigenvalue weighted by molar-refractivity contribution is -0.132. The van der Waals surface area contributed by atoms with E-state index in [-0.39, 0.29) is 18.6 Å². The number of aliphatic hydroxyl groups excluding tert-OH is 1. The summed E-state index contributed by atoms with van der Waals surface area (Å²) in [6, 6.07) is 0.208. The molecular weight excluding hydrogens is 220 g/mol. The minimum atomic E-state index is 0.0253. The zero-order chi connectivity index (χ0) is 13.1. The maximum absolute atomic E-state index is 11.9. The maximum atomic E-state index is 11.9. The van der Waals surface area contributed by atoms with Crippen LogP contribution in [-0.4, -0.2) is 61.4 Å². The molecule has 1 atom stereocenters. The van der Waals surface area contributed by atoms with E-state index >= 15 is 0 Å². The number of aliphatic hydroxyl groups is 1. The number of carbonyl (C=O) groups excluding carboxylic acids is 1. The second kappa shape index (κ2) is 10.5. The lowest BCUT2D eigenvalue weighted by atomic mass is 10.2. The number of hydrogen-bond donors (Lipinski definition) is 2. The fourth-order valence-electron chi connectivity index (χ4n) is 1.61. The summed E-state index contributed by atoms with van der Waals surface area (Å²) >= 11 is 0.